The maximum absolute atomic E-state index is 12.3. The molecule has 1 aliphatic rings. The highest BCUT2D eigenvalue weighted by atomic mass is 16.5. The normalized spacial score (nSPS) is 16.4. The van der Waals surface area contributed by atoms with Crippen molar-refractivity contribution in [3.05, 3.63) is 71.3 Å². The molecule has 3 rings (SSSR count). The van der Waals surface area contributed by atoms with Crippen LogP contribution in [0.5, 0.6) is 0 Å². The number of benzene rings is 2. The van der Waals surface area contributed by atoms with E-state index in [0.29, 0.717) is 13.0 Å². The number of nitrogens with zero attached hydrogens (tertiary/aromatic N) is 1. The summed E-state index contributed by atoms with van der Waals surface area (Å²) in [5, 5.41) is 0. The zero-order valence-electron chi connectivity index (χ0n) is 11.4. The van der Waals surface area contributed by atoms with E-state index in [0.717, 1.165) is 16.7 Å². The van der Waals surface area contributed by atoms with Crippen LogP contribution >= 0.6 is 0 Å². The third kappa shape index (κ3) is 2.65. The first kappa shape index (κ1) is 13.4. The highest BCUT2D eigenvalue weighted by Gasteiger charge is 2.35. The maximum Gasteiger partial charge on any atom is 0.333 e. The van der Waals surface area contributed by atoms with Crippen LogP contribution in [-0.4, -0.2) is 17.3 Å². The monoisotopic (exact) mass is 281 g/mol. The Labute approximate surface area is 123 Å². The Kier molecular flexibility index (Phi) is 3.69. The summed E-state index contributed by atoms with van der Waals surface area (Å²) >= 11 is 0. The zero-order valence-corrected chi connectivity index (χ0v) is 11.4. The second kappa shape index (κ2) is 5.79. The molecule has 0 fully saturated rings. The molecular weight excluding hydrogens is 266 g/mol. The van der Waals surface area contributed by atoms with Crippen molar-refractivity contribution in [1.29, 1.82) is 0 Å². The quantitative estimate of drug-likeness (QED) is 0.639. The first-order valence-corrected chi connectivity index (χ1v) is 6.79. The molecule has 0 aromatic heterocycles. The predicted molar refractivity (Wildman–Crippen MR) is 77.0 cm³/mol. The van der Waals surface area contributed by atoms with E-state index in [1.54, 1.807) is 0 Å². The number of esters is 1. The van der Waals surface area contributed by atoms with Gasteiger partial charge in [-0.25, -0.2) is 4.79 Å². The van der Waals surface area contributed by atoms with Crippen molar-refractivity contribution in [3.8, 4) is 0 Å². The first-order valence-electron chi connectivity index (χ1n) is 6.79. The summed E-state index contributed by atoms with van der Waals surface area (Å²) in [4.78, 5) is 25.0. The van der Waals surface area contributed by atoms with E-state index in [2.05, 4.69) is 0 Å². The van der Waals surface area contributed by atoms with Crippen molar-refractivity contribution in [1.82, 2.24) is 4.90 Å². The SMILES string of the molecule is O=CN1Cc2ccccc2C1C(=O)OCc1ccccc1. The van der Waals surface area contributed by atoms with Crippen LogP contribution in [0, 0.1) is 0 Å². The predicted octanol–water partition coefficient (Wildman–Crippen LogP) is 2.44. The molecule has 4 nitrogen and oxygen atoms in total. The van der Waals surface area contributed by atoms with Crippen molar-refractivity contribution < 1.29 is 14.3 Å². The first-order chi connectivity index (χ1) is 10.3. The van der Waals surface area contributed by atoms with Crippen LogP contribution in [0.2, 0.25) is 0 Å². The van der Waals surface area contributed by atoms with Gasteiger partial charge in [0.25, 0.3) is 0 Å². The Morgan fingerprint density at radius 3 is 2.62 bits per heavy atom. The maximum atomic E-state index is 12.3. The van der Waals surface area contributed by atoms with E-state index in [1.807, 2.05) is 54.6 Å². The van der Waals surface area contributed by atoms with E-state index in [9.17, 15) is 9.59 Å². The Morgan fingerprint density at radius 2 is 1.86 bits per heavy atom. The largest absolute Gasteiger partial charge is 0.459 e. The summed E-state index contributed by atoms with van der Waals surface area (Å²) in [5.74, 6) is -0.393. The molecule has 0 bridgehead atoms. The smallest absolute Gasteiger partial charge is 0.333 e. The fraction of sp³-hybridized carbons (Fsp3) is 0.176. The summed E-state index contributed by atoms with van der Waals surface area (Å²) in [6, 6.07) is 16.4. The van der Waals surface area contributed by atoms with Crippen LogP contribution in [-0.2, 0) is 27.5 Å². The van der Waals surface area contributed by atoms with Crippen LogP contribution < -0.4 is 0 Å². The van der Waals surface area contributed by atoms with Gasteiger partial charge in [-0.3, -0.25) is 4.79 Å². The van der Waals surface area contributed by atoms with E-state index >= 15 is 0 Å². The number of ether oxygens (including phenoxy) is 1. The van der Waals surface area contributed by atoms with E-state index in [-0.39, 0.29) is 6.61 Å². The lowest BCUT2D eigenvalue weighted by molar-refractivity contribution is -0.153. The molecule has 0 N–H and O–H groups in total. The lowest BCUT2D eigenvalue weighted by atomic mass is 10.1. The van der Waals surface area contributed by atoms with Crippen LogP contribution in [0.1, 0.15) is 22.7 Å². The molecule has 0 aliphatic carbocycles. The molecule has 0 saturated heterocycles. The summed E-state index contributed by atoms with van der Waals surface area (Å²) in [6.07, 6.45) is 0.703. The molecule has 1 heterocycles. The molecule has 21 heavy (non-hydrogen) atoms. The van der Waals surface area contributed by atoms with Crippen molar-refractivity contribution in [2.24, 2.45) is 0 Å². The number of amides is 1. The van der Waals surface area contributed by atoms with E-state index in [1.165, 1.54) is 4.90 Å². The van der Waals surface area contributed by atoms with Crippen molar-refractivity contribution >= 4 is 12.4 Å². The highest BCUT2D eigenvalue weighted by molar-refractivity contribution is 5.81. The van der Waals surface area contributed by atoms with Gasteiger partial charge >= 0.3 is 5.97 Å². The Bertz CT molecular complexity index is 654. The molecule has 1 atom stereocenters. The Hall–Kier alpha value is -2.62. The highest BCUT2D eigenvalue weighted by Crippen LogP contribution is 2.33. The minimum atomic E-state index is -0.637. The summed E-state index contributed by atoms with van der Waals surface area (Å²) in [7, 11) is 0. The van der Waals surface area contributed by atoms with Crippen LogP contribution in [0.25, 0.3) is 0 Å². The molecule has 0 radical (unpaired) electrons. The average Bonchev–Trinajstić information content (AvgIpc) is 2.92. The van der Waals surface area contributed by atoms with Gasteiger partial charge in [0, 0.05) is 6.54 Å². The number of fused-ring (bicyclic) bond motifs is 1. The van der Waals surface area contributed by atoms with Crippen LogP contribution in [0.4, 0.5) is 0 Å². The van der Waals surface area contributed by atoms with E-state index < -0.39 is 12.0 Å². The van der Waals surface area contributed by atoms with E-state index in [4.69, 9.17) is 4.74 Å². The fourth-order valence-electron chi connectivity index (χ4n) is 2.58. The van der Waals surface area contributed by atoms with Gasteiger partial charge in [0.1, 0.15) is 6.61 Å². The zero-order chi connectivity index (χ0) is 14.7. The second-order valence-corrected chi connectivity index (χ2v) is 4.97. The summed E-state index contributed by atoms with van der Waals surface area (Å²) < 4.78 is 5.36. The molecule has 1 amide bonds. The number of carbonyl (C=O) groups excluding carboxylic acids is 2. The topological polar surface area (TPSA) is 46.6 Å². The standard InChI is InChI=1S/C17H15NO3/c19-12-18-10-14-8-4-5-9-15(14)16(18)17(20)21-11-13-6-2-1-3-7-13/h1-9,12,16H,10-11H2. The number of rotatable bonds is 4. The molecule has 4 heteroatoms. The summed E-state index contributed by atoms with van der Waals surface area (Å²) in [5.41, 5.74) is 2.77. The van der Waals surface area contributed by atoms with Gasteiger partial charge in [-0.2, -0.15) is 0 Å². The Balaban J connectivity index is 1.75. The number of hydrogen-bond acceptors (Lipinski definition) is 3. The van der Waals surface area contributed by atoms with Gasteiger partial charge in [-0.15, -0.1) is 0 Å². The second-order valence-electron chi connectivity index (χ2n) is 4.97. The van der Waals surface area contributed by atoms with Crippen molar-refractivity contribution in [3.63, 3.8) is 0 Å². The average molecular weight is 281 g/mol. The van der Waals surface area contributed by atoms with Crippen molar-refractivity contribution in [2.45, 2.75) is 19.2 Å². The molecule has 2 aromatic rings. The van der Waals surface area contributed by atoms with Gasteiger partial charge < -0.3 is 9.64 Å². The lowest BCUT2D eigenvalue weighted by Gasteiger charge is -2.19. The Morgan fingerprint density at radius 1 is 1.14 bits per heavy atom. The number of carbonyl (C=O) groups is 2. The van der Waals surface area contributed by atoms with Gasteiger partial charge in [-0.05, 0) is 16.7 Å². The molecule has 1 unspecified atom stereocenters. The molecule has 2 aromatic carbocycles. The van der Waals surface area contributed by atoms with Gasteiger partial charge in [0.2, 0.25) is 6.41 Å². The fourth-order valence-corrected chi connectivity index (χ4v) is 2.58. The third-order valence-corrected chi connectivity index (χ3v) is 3.62. The lowest BCUT2D eigenvalue weighted by Crippen LogP contribution is -2.28. The molecular formula is C17H15NO3. The summed E-state index contributed by atoms with van der Waals surface area (Å²) in [6.45, 7) is 0.663. The number of hydrogen-bond donors (Lipinski definition) is 0. The molecule has 106 valence electrons. The van der Waals surface area contributed by atoms with Gasteiger partial charge in [-0.1, -0.05) is 54.6 Å². The van der Waals surface area contributed by atoms with Crippen LogP contribution in [0.15, 0.2) is 54.6 Å². The van der Waals surface area contributed by atoms with Crippen LogP contribution in [0.3, 0.4) is 0 Å². The molecule has 1 aliphatic heterocycles. The minimum Gasteiger partial charge on any atom is -0.459 e. The minimum absolute atomic E-state index is 0.213. The third-order valence-electron chi connectivity index (χ3n) is 3.62. The van der Waals surface area contributed by atoms with Gasteiger partial charge in [0.15, 0.2) is 6.04 Å². The van der Waals surface area contributed by atoms with Gasteiger partial charge in [0.05, 0.1) is 0 Å². The molecule has 0 spiro atoms. The molecule has 0 saturated carbocycles. The van der Waals surface area contributed by atoms with Crippen molar-refractivity contribution in [2.75, 3.05) is 0 Å².